The molecule has 5 nitrogen and oxygen atoms in total. The molecule has 0 bridgehead atoms. The van der Waals surface area contributed by atoms with Gasteiger partial charge in [0.05, 0.1) is 12.8 Å². The summed E-state index contributed by atoms with van der Waals surface area (Å²) in [6.07, 6.45) is 0. The number of hydrogen-bond acceptors (Lipinski definition) is 3. The first-order valence-corrected chi connectivity index (χ1v) is 5.56. The molecule has 1 N–H and O–H groups in total. The van der Waals surface area contributed by atoms with Crippen molar-refractivity contribution in [3.05, 3.63) is 41.6 Å². The van der Waals surface area contributed by atoms with Gasteiger partial charge in [-0.3, -0.25) is 9.48 Å². The van der Waals surface area contributed by atoms with Crippen LogP contribution in [0, 0.1) is 6.92 Å². The van der Waals surface area contributed by atoms with E-state index in [0.29, 0.717) is 17.1 Å². The van der Waals surface area contributed by atoms with Crippen molar-refractivity contribution in [2.45, 2.75) is 6.92 Å². The van der Waals surface area contributed by atoms with Crippen LogP contribution in [0.5, 0.6) is 5.75 Å². The van der Waals surface area contributed by atoms with Gasteiger partial charge in [-0.1, -0.05) is 6.07 Å². The third-order valence-electron chi connectivity index (χ3n) is 2.58. The number of carbonyl (C=O) groups excluding carboxylic acids is 1. The Hall–Kier alpha value is -2.30. The van der Waals surface area contributed by atoms with Crippen molar-refractivity contribution in [2.75, 3.05) is 12.4 Å². The molecule has 2 aromatic rings. The predicted octanol–water partition coefficient (Wildman–Crippen LogP) is 1.99. The van der Waals surface area contributed by atoms with Crippen LogP contribution in [0.4, 0.5) is 5.82 Å². The van der Waals surface area contributed by atoms with Crippen LogP contribution in [0.25, 0.3) is 0 Å². The normalized spacial score (nSPS) is 10.2. The van der Waals surface area contributed by atoms with E-state index >= 15 is 0 Å². The van der Waals surface area contributed by atoms with Gasteiger partial charge in [0.2, 0.25) is 0 Å². The van der Waals surface area contributed by atoms with Gasteiger partial charge in [0.1, 0.15) is 11.6 Å². The Balaban J connectivity index is 2.19. The highest BCUT2D eigenvalue weighted by molar-refractivity contribution is 6.04. The first kappa shape index (κ1) is 12.2. The third-order valence-corrected chi connectivity index (χ3v) is 2.58. The maximum absolute atomic E-state index is 12.0. The first-order chi connectivity index (χ1) is 8.60. The molecule has 0 aliphatic rings. The molecule has 0 radical (unpaired) electrons. The standard InChI is InChI=1S/C13H15N3O2/c1-9-7-12(16(2)15-9)14-13(17)10-5-4-6-11(8-10)18-3/h4-8H,1-3H3,(H,14,17). The Morgan fingerprint density at radius 3 is 2.78 bits per heavy atom. The topological polar surface area (TPSA) is 56.1 Å². The van der Waals surface area contributed by atoms with E-state index in [0.717, 1.165) is 5.69 Å². The zero-order valence-electron chi connectivity index (χ0n) is 10.6. The first-order valence-electron chi connectivity index (χ1n) is 5.56. The Morgan fingerprint density at radius 1 is 1.39 bits per heavy atom. The lowest BCUT2D eigenvalue weighted by Crippen LogP contribution is -2.14. The maximum atomic E-state index is 12.0. The van der Waals surface area contributed by atoms with Gasteiger partial charge in [-0.15, -0.1) is 0 Å². The molecule has 94 valence electrons. The van der Waals surface area contributed by atoms with E-state index in [1.165, 1.54) is 0 Å². The van der Waals surface area contributed by atoms with Crippen molar-refractivity contribution in [2.24, 2.45) is 7.05 Å². The molecule has 0 saturated heterocycles. The number of methoxy groups -OCH3 is 1. The third kappa shape index (κ3) is 2.51. The minimum absolute atomic E-state index is 0.183. The Morgan fingerprint density at radius 2 is 2.17 bits per heavy atom. The zero-order valence-corrected chi connectivity index (χ0v) is 10.6. The van der Waals surface area contributed by atoms with E-state index < -0.39 is 0 Å². The highest BCUT2D eigenvalue weighted by Crippen LogP contribution is 2.15. The highest BCUT2D eigenvalue weighted by Gasteiger charge is 2.09. The van der Waals surface area contributed by atoms with Crippen LogP contribution < -0.4 is 10.1 Å². The van der Waals surface area contributed by atoms with Crippen molar-refractivity contribution in [3.8, 4) is 5.75 Å². The lowest BCUT2D eigenvalue weighted by Gasteiger charge is -2.06. The van der Waals surface area contributed by atoms with E-state index in [4.69, 9.17) is 4.74 Å². The Labute approximate surface area is 105 Å². The van der Waals surface area contributed by atoms with Crippen molar-refractivity contribution in [1.29, 1.82) is 0 Å². The molecule has 1 aromatic heterocycles. The van der Waals surface area contributed by atoms with Gasteiger partial charge < -0.3 is 10.1 Å². The average Bonchev–Trinajstić information content (AvgIpc) is 2.68. The number of amides is 1. The van der Waals surface area contributed by atoms with Crippen molar-refractivity contribution in [3.63, 3.8) is 0 Å². The fourth-order valence-corrected chi connectivity index (χ4v) is 1.68. The molecule has 1 aromatic carbocycles. The number of aromatic nitrogens is 2. The molecule has 0 spiro atoms. The molecule has 1 amide bonds. The number of hydrogen-bond donors (Lipinski definition) is 1. The fraction of sp³-hybridized carbons (Fsp3) is 0.231. The van der Waals surface area contributed by atoms with Gasteiger partial charge >= 0.3 is 0 Å². The summed E-state index contributed by atoms with van der Waals surface area (Å²) in [4.78, 5) is 12.0. The summed E-state index contributed by atoms with van der Waals surface area (Å²) in [5.41, 5.74) is 1.41. The smallest absolute Gasteiger partial charge is 0.256 e. The Kier molecular flexibility index (Phi) is 3.32. The monoisotopic (exact) mass is 245 g/mol. The minimum Gasteiger partial charge on any atom is -0.497 e. The van der Waals surface area contributed by atoms with Gasteiger partial charge in [-0.05, 0) is 25.1 Å². The van der Waals surface area contributed by atoms with Crippen LogP contribution in [0.15, 0.2) is 30.3 Å². The number of carbonyl (C=O) groups is 1. The fourth-order valence-electron chi connectivity index (χ4n) is 1.68. The lowest BCUT2D eigenvalue weighted by molar-refractivity contribution is 0.102. The number of aryl methyl sites for hydroxylation is 2. The van der Waals surface area contributed by atoms with E-state index in [9.17, 15) is 4.79 Å². The van der Waals surface area contributed by atoms with E-state index in [2.05, 4.69) is 10.4 Å². The van der Waals surface area contributed by atoms with Gasteiger partial charge in [0.15, 0.2) is 0 Å². The molecule has 18 heavy (non-hydrogen) atoms. The lowest BCUT2D eigenvalue weighted by atomic mass is 10.2. The summed E-state index contributed by atoms with van der Waals surface area (Å²) in [6.45, 7) is 1.88. The highest BCUT2D eigenvalue weighted by atomic mass is 16.5. The van der Waals surface area contributed by atoms with Crippen LogP contribution in [-0.4, -0.2) is 22.8 Å². The van der Waals surface area contributed by atoms with E-state index in [1.807, 2.05) is 13.0 Å². The number of benzene rings is 1. The molecular weight excluding hydrogens is 230 g/mol. The summed E-state index contributed by atoms with van der Waals surface area (Å²) >= 11 is 0. The molecule has 0 fully saturated rings. The second kappa shape index (κ2) is 4.91. The molecule has 2 rings (SSSR count). The van der Waals surface area contributed by atoms with E-state index in [1.54, 1.807) is 43.1 Å². The van der Waals surface area contributed by atoms with Gasteiger partial charge in [0, 0.05) is 18.7 Å². The van der Waals surface area contributed by atoms with Crippen molar-refractivity contribution < 1.29 is 9.53 Å². The number of anilines is 1. The van der Waals surface area contributed by atoms with E-state index in [-0.39, 0.29) is 5.91 Å². The summed E-state index contributed by atoms with van der Waals surface area (Å²) < 4.78 is 6.72. The molecule has 5 heteroatoms. The Bertz CT molecular complexity index is 575. The molecule has 0 saturated carbocycles. The molecule has 0 unspecified atom stereocenters. The van der Waals surface area contributed by atoms with Gasteiger partial charge in [0.25, 0.3) is 5.91 Å². The number of rotatable bonds is 3. The van der Waals surface area contributed by atoms with Crippen LogP contribution in [0.3, 0.4) is 0 Å². The van der Waals surface area contributed by atoms with Crippen LogP contribution in [-0.2, 0) is 7.05 Å². The van der Waals surface area contributed by atoms with Crippen LogP contribution >= 0.6 is 0 Å². The molecule has 0 aliphatic carbocycles. The summed E-state index contributed by atoms with van der Waals surface area (Å²) in [6, 6.07) is 8.82. The minimum atomic E-state index is -0.183. The van der Waals surface area contributed by atoms with Crippen LogP contribution in [0.2, 0.25) is 0 Å². The molecular formula is C13H15N3O2. The second-order valence-electron chi connectivity index (χ2n) is 3.98. The summed E-state index contributed by atoms with van der Waals surface area (Å²) in [5, 5.41) is 6.97. The molecule has 0 aliphatic heterocycles. The van der Waals surface area contributed by atoms with Crippen molar-refractivity contribution in [1.82, 2.24) is 9.78 Å². The quantitative estimate of drug-likeness (QED) is 0.899. The SMILES string of the molecule is COc1cccc(C(=O)Nc2cc(C)nn2C)c1. The number of ether oxygens (including phenoxy) is 1. The average molecular weight is 245 g/mol. The largest absolute Gasteiger partial charge is 0.497 e. The molecule has 1 heterocycles. The molecule has 0 atom stereocenters. The second-order valence-corrected chi connectivity index (χ2v) is 3.98. The van der Waals surface area contributed by atoms with Crippen molar-refractivity contribution >= 4 is 11.7 Å². The van der Waals surface area contributed by atoms with Crippen LogP contribution in [0.1, 0.15) is 16.1 Å². The summed E-state index contributed by atoms with van der Waals surface area (Å²) in [7, 11) is 3.36. The number of nitrogens with one attached hydrogen (secondary N) is 1. The van der Waals surface area contributed by atoms with Gasteiger partial charge in [-0.2, -0.15) is 5.10 Å². The predicted molar refractivity (Wildman–Crippen MR) is 68.9 cm³/mol. The maximum Gasteiger partial charge on any atom is 0.256 e. The zero-order chi connectivity index (χ0) is 13.1. The number of nitrogens with zero attached hydrogens (tertiary/aromatic N) is 2. The summed E-state index contributed by atoms with van der Waals surface area (Å²) in [5.74, 6) is 1.14. The van der Waals surface area contributed by atoms with Gasteiger partial charge in [-0.25, -0.2) is 0 Å².